The molecule has 0 aromatic rings. The lowest BCUT2D eigenvalue weighted by molar-refractivity contribution is 0.228. The maximum absolute atomic E-state index is 3.55. The fourth-order valence-electron chi connectivity index (χ4n) is 2.48. The predicted octanol–water partition coefficient (Wildman–Crippen LogP) is 2.30. The van der Waals surface area contributed by atoms with Crippen molar-refractivity contribution in [3.05, 3.63) is 0 Å². The van der Waals surface area contributed by atoms with Gasteiger partial charge in [-0.05, 0) is 45.8 Å². The van der Waals surface area contributed by atoms with E-state index in [1.54, 1.807) is 0 Å². The van der Waals surface area contributed by atoms with E-state index in [-0.39, 0.29) is 0 Å². The minimum Gasteiger partial charge on any atom is -0.317 e. The van der Waals surface area contributed by atoms with E-state index >= 15 is 0 Å². The first-order valence-electron chi connectivity index (χ1n) is 6.22. The largest absolute Gasteiger partial charge is 0.317 e. The SMILES string of the molecule is CCCNCCC1(NC)CCCCC1. The molecule has 0 atom stereocenters. The lowest BCUT2D eigenvalue weighted by Crippen LogP contribution is -2.46. The van der Waals surface area contributed by atoms with Crippen LogP contribution in [0.15, 0.2) is 0 Å². The summed E-state index contributed by atoms with van der Waals surface area (Å²) in [6.45, 7) is 4.57. The first kappa shape index (κ1) is 12.0. The molecular weight excluding hydrogens is 172 g/mol. The summed E-state index contributed by atoms with van der Waals surface area (Å²) in [5.74, 6) is 0. The smallest absolute Gasteiger partial charge is 0.0190 e. The molecule has 0 aliphatic heterocycles. The fourth-order valence-corrected chi connectivity index (χ4v) is 2.48. The van der Waals surface area contributed by atoms with Gasteiger partial charge in [0.05, 0.1) is 0 Å². The Labute approximate surface area is 88.8 Å². The van der Waals surface area contributed by atoms with Gasteiger partial charge in [-0.25, -0.2) is 0 Å². The van der Waals surface area contributed by atoms with Gasteiger partial charge in [-0.1, -0.05) is 26.2 Å². The van der Waals surface area contributed by atoms with Crippen LogP contribution in [0, 0.1) is 0 Å². The van der Waals surface area contributed by atoms with Crippen LogP contribution in [0.25, 0.3) is 0 Å². The van der Waals surface area contributed by atoms with E-state index in [0.717, 1.165) is 0 Å². The third-order valence-corrected chi connectivity index (χ3v) is 3.55. The minimum atomic E-state index is 0.457. The minimum absolute atomic E-state index is 0.457. The van der Waals surface area contributed by atoms with Crippen molar-refractivity contribution in [2.45, 2.75) is 57.4 Å². The Morgan fingerprint density at radius 2 is 1.79 bits per heavy atom. The van der Waals surface area contributed by atoms with Crippen molar-refractivity contribution >= 4 is 0 Å². The van der Waals surface area contributed by atoms with Gasteiger partial charge in [0.15, 0.2) is 0 Å². The summed E-state index contributed by atoms with van der Waals surface area (Å²) in [6.07, 6.45) is 9.54. The Morgan fingerprint density at radius 1 is 1.07 bits per heavy atom. The van der Waals surface area contributed by atoms with Crippen LogP contribution >= 0.6 is 0 Å². The molecule has 0 unspecified atom stereocenters. The average Bonchev–Trinajstić information content (AvgIpc) is 2.26. The molecule has 0 amide bonds. The van der Waals surface area contributed by atoms with Crippen LogP contribution in [0.2, 0.25) is 0 Å². The molecule has 0 aromatic carbocycles. The molecular formula is C12H26N2. The molecule has 0 spiro atoms. The average molecular weight is 198 g/mol. The second-order valence-corrected chi connectivity index (χ2v) is 4.59. The molecule has 1 aliphatic rings. The van der Waals surface area contributed by atoms with Crippen LogP contribution in [-0.2, 0) is 0 Å². The predicted molar refractivity (Wildman–Crippen MR) is 62.7 cm³/mol. The standard InChI is InChI=1S/C12H26N2/c1-3-10-14-11-9-12(13-2)7-5-4-6-8-12/h13-14H,3-11H2,1-2H3. The summed E-state index contributed by atoms with van der Waals surface area (Å²) < 4.78 is 0. The topological polar surface area (TPSA) is 24.1 Å². The second kappa shape index (κ2) is 6.41. The van der Waals surface area contributed by atoms with E-state index in [1.165, 1.54) is 58.0 Å². The summed E-state index contributed by atoms with van der Waals surface area (Å²) in [4.78, 5) is 0. The van der Waals surface area contributed by atoms with Crippen molar-refractivity contribution in [3.63, 3.8) is 0 Å². The van der Waals surface area contributed by atoms with Crippen molar-refractivity contribution < 1.29 is 0 Å². The molecule has 84 valence electrons. The van der Waals surface area contributed by atoms with E-state index in [1.807, 2.05) is 0 Å². The van der Waals surface area contributed by atoms with E-state index in [4.69, 9.17) is 0 Å². The Morgan fingerprint density at radius 3 is 2.36 bits per heavy atom. The van der Waals surface area contributed by atoms with Crippen LogP contribution in [0.5, 0.6) is 0 Å². The molecule has 2 heteroatoms. The summed E-state index contributed by atoms with van der Waals surface area (Å²) in [6, 6.07) is 0. The highest BCUT2D eigenvalue weighted by molar-refractivity contribution is 4.89. The van der Waals surface area contributed by atoms with Crippen molar-refractivity contribution in [3.8, 4) is 0 Å². The van der Waals surface area contributed by atoms with Crippen LogP contribution in [0.3, 0.4) is 0 Å². The van der Waals surface area contributed by atoms with Gasteiger partial charge >= 0.3 is 0 Å². The Kier molecular flexibility index (Phi) is 5.49. The molecule has 0 aromatic heterocycles. The summed E-state index contributed by atoms with van der Waals surface area (Å²) in [5.41, 5.74) is 0.457. The number of hydrogen-bond acceptors (Lipinski definition) is 2. The molecule has 1 saturated carbocycles. The zero-order valence-corrected chi connectivity index (χ0v) is 9.86. The maximum Gasteiger partial charge on any atom is 0.0190 e. The van der Waals surface area contributed by atoms with E-state index in [0.29, 0.717) is 5.54 Å². The molecule has 0 heterocycles. The van der Waals surface area contributed by atoms with E-state index in [9.17, 15) is 0 Å². The highest BCUT2D eigenvalue weighted by Gasteiger charge is 2.29. The Balaban J connectivity index is 2.22. The van der Waals surface area contributed by atoms with Gasteiger partial charge in [0.25, 0.3) is 0 Å². The zero-order chi connectivity index (χ0) is 10.3. The molecule has 1 fully saturated rings. The first-order chi connectivity index (χ1) is 6.83. The first-order valence-corrected chi connectivity index (χ1v) is 6.22. The van der Waals surface area contributed by atoms with Crippen LogP contribution < -0.4 is 10.6 Å². The molecule has 0 radical (unpaired) electrons. The Hall–Kier alpha value is -0.0800. The van der Waals surface area contributed by atoms with Crippen LogP contribution in [-0.4, -0.2) is 25.7 Å². The van der Waals surface area contributed by atoms with E-state index < -0.39 is 0 Å². The maximum atomic E-state index is 3.55. The molecule has 0 bridgehead atoms. The lowest BCUT2D eigenvalue weighted by atomic mass is 9.79. The summed E-state index contributed by atoms with van der Waals surface area (Å²) in [5, 5.41) is 7.06. The molecule has 2 N–H and O–H groups in total. The third kappa shape index (κ3) is 3.58. The van der Waals surface area contributed by atoms with Gasteiger partial charge in [0.1, 0.15) is 0 Å². The zero-order valence-electron chi connectivity index (χ0n) is 9.86. The summed E-state index contributed by atoms with van der Waals surface area (Å²) in [7, 11) is 2.13. The van der Waals surface area contributed by atoms with Crippen molar-refractivity contribution in [1.29, 1.82) is 0 Å². The van der Waals surface area contributed by atoms with Crippen LogP contribution in [0.1, 0.15) is 51.9 Å². The molecule has 1 rings (SSSR count). The molecule has 2 nitrogen and oxygen atoms in total. The van der Waals surface area contributed by atoms with Gasteiger partial charge in [0.2, 0.25) is 0 Å². The van der Waals surface area contributed by atoms with Gasteiger partial charge in [-0.15, -0.1) is 0 Å². The summed E-state index contributed by atoms with van der Waals surface area (Å²) >= 11 is 0. The molecule has 1 aliphatic carbocycles. The number of rotatable bonds is 6. The van der Waals surface area contributed by atoms with Gasteiger partial charge < -0.3 is 10.6 Å². The van der Waals surface area contributed by atoms with Crippen molar-refractivity contribution in [2.24, 2.45) is 0 Å². The fraction of sp³-hybridized carbons (Fsp3) is 1.00. The second-order valence-electron chi connectivity index (χ2n) is 4.59. The highest BCUT2D eigenvalue weighted by Crippen LogP contribution is 2.30. The van der Waals surface area contributed by atoms with Gasteiger partial charge in [-0.3, -0.25) is 0 Å². The number of hydrogen-bond donors (Lipinski definition) is 2. The third-order valence-electron chi connectivity index (χ3n) is 3.55. The number of nitrogens with one attached hydrogen (secondary N) is 2. The van der Waals surface area contributed by atoms with E-state index in [2.05, 4.69) is 24.6 Å². The monoisotopic (exact) mass is 198 g/mol. The molecule has 0 saturated heterocycles. The van der Waals surface area contributed by atoms with Crippen molar-refractivity contribution in [1.82, 2.24) is 10.6 Å². The van der Waals surface area contributed by atoms with Gasteiger partial charge in [-0.2, -0.15) is 0 Å². The Bertz CT molecular complexity index is 139. The normalized spacial score (nSPS) is 21.0. The lowest BCUT2D eigenvalue weighted by Gasteiger charge is -2.37. The quantitative estimate of drug-likeness (QED) is 0.640. The highest BCUT2D eigenvalue weighted by atomic mass is 15.0. The van der Waals surface area contributed by atoms with Crippen molar-refractivity contribution in [2.75, 3.05) is 20.1 Å². The molecule has 14 heavy (non-hydrogen) atoms. The van der Waals surface area contributed by atoms with Crippen LogP contribution in [0.4, 0.5) is 0 Å². The van der Waals surface area contributed by atoms with Gasteiger partial charge in [0, 0.05) is 5.54 Å².